The molecule has 0 spiro atoms. The zero-order chi connectivity index (χ0) is 21.6. The molecule has 2 atom stereocenters. The second-order valence-corrected chi connectivity index (χ2v) is 8.50. The number of hydrogen-bond donors (Lipinski definition) is 2. The summed E-state index contributed by atoms with van der Waals surface area (Å²) in [5, 5.41) is 13.5. The Balaban J connectivity index is 1.43. The van der Waals surface area contributed by atoms with Crippen molar-refractivity contribution in [3.63, 3.8) is 0 Å². The molecule has 4 rings (SSSR count). The van der Waals surface area contributed by atoms with Gasteiger partial charge in [-0.1, -0.05) is 78.3 Å². The lowest BCUT2D eigenvalue weighted by molar-refractivity contribution is 0.0712. The maximum absolute atomic E-state index is 13.1. The van der Waals surface area contributed by atoms with E-state index in [0.29, 0.717) is 10.6 Å². The summed E-state index contributed by atoms with van der Waals surface area (Å²) >= 11 is 6.36. The lowest BCUT2D eigenvalue weighted by Gasteiger charge is -2.38. The van der Waals surface area contributed by atoms with Crippen molar-refractivity contribution in [1.82, 2.24) is 10.2 Å². The first-order valence-corrected chi connectivity index (χ1v) is 11.0. The quantitative estimate of drug-likeness (QED) is 0.595. The number of nitrogens with one attached hydrogen (secondary N) is 1. The van der Waals surface area contributed by atoms with Crippen LogP contribution in [0.15, 0.2) is 78.9 Å². The zero-order valence-electron chi connectivity index (χ0n) is 17.4. The zero-order valence-corrected chi connectivity index (χ0v) is 18.1. The fourth-order valence-electron chi connectivity index (χ4n) is 4.22. The summed E-state index contributed by atoms with van der Waals surface area (Å²) in [6.07, 6.45) is 0.791. The van der Waals surface area contributed by atoms with Gasteiger partial charge in [-0.3, -0.25) is 9.69 Å². The van der Waals surface area contributed by atoms with Gasteiger partial charge in [-0.05, 0) is 35.2 Å². The number of rotatable bonds is 6. The summed E-state index contributed by atoms with van der Waals surface area (Å²) in [4.78, 5) is 15.4. The molecule has 1 aliphatic heterocycles. The number of amides is 1. The summed E-state index contributed by atoms with van der Waals surface area (Å²) in [7, 11) is 0. The molecule has 1 heterocycles. The molecule has 0 aliphatic carbocycles. The average molecular weight is 435 g/mol. The van der Waals surface area contributed by atoms with Gasteiger partial charge in [0.2, 0.25) is 0 Å². The first-order valence-electron chi connectivity index (χ1n) is 10.7. The van der Waals surface area contributed by atoms with E-state index in [1.807, 2.05) is 60.7 Å². The van der Waals surface area contributed by atoms with Crippen LogP contribution in [-0.4, -0.2) is 41.7 Å². The number of carbonyl (C=O) groups is 1. The van der Waals surface area contributed by atoms with Crippen LogP contribution in [0, 0.1) is 5.92 Å². The number of piperidine rings is 1. The van der Waals surface area contributed by atoms with E-state index < -0.39 is 0 Å². The van der Waals surface area contributed by atoms with E-state index in [1.54, 1.807) is 6.07 Å². The molecular formula is C26H27ClN2O2. The minimum Gasteiger partial charge on any atom is -0.396 e. The van der Waals surface area contributed by atoms with Crippen molar-refractivity contribution in [3.8, 4) is 11.1 Å². The Bertz CT molecular complexity index is 1010. The molecule has 0 radical (unpaired) electrons. The Morgan fingerprint density at radius 3 is 2.42 bits per heavy atom. The third-order valence-corrected chi connectivity index (χ3v) is 6.27. The number of benzene rings is 3. The van der Waals surface area contributed by atoms with Crippen molar-refractivity contribution >= 4 is 17.5 Å². The van der Waals surface area contributed by atoms with Gasteiger partial charge in [0.1, 0.15) is 0 Å². The molecule has 3 aromatic carbocycles. The number of hydrogen-bond acceptors (Lipinski definition) is 3. The van der Waals surface area contributed by atoms with Crippen LogP contribution in [0.25, 0.3) is 11.1 Å². The fourth-order valence-corrected chi connectivity index (χ4v) is 4.43. The molecule has 5 heteroatoms. The van der Waals surface area contributed by atoms with Gasteiger partial charge < -0.3 is 10.4 Å². The van der Waals surface area contributed by atoms with E-state index in [9.17, 15) is 9.90 Å². The lowest BCUT2D eigenvalue weighted by atomic mass is 9.92. The standard InChI is InChI=1S/C26H27ClN2O2/c27-24-12-11-21(20-9-5-2-6-10-20)15-23(24)26(31)28-25-13-14-29(17-22(25)18-30)16-19-7-3-1-4-8-19/h1-12,15,22,25,30H,13-14,16-18H2,(H,28,31). The predicted molar refractivity (Wildman–Crippen MR) is 125 cm³/mol. The summed E-state index contributed by atoms with van der Waals surface area (Å²) in [5.41, 5.74) is 3.71. The van der Waals surface area contributed by atoms with Gasteiger partial charge in [-0.2, -0.15) is 0 Å². The third kappa shape index (κ3) is 5.34. The van der Waals surface area contributed by atoms with Gasteiger partial charge in [-0.15, -0.1) is 0 Å². The molecular weight excluding hydrogens is 408 g/mol. The summed E-state index contributed by atoms with van der Waals surface area (Å²) in [6, 6.07) is 25.7. The highest BCUT2D eigenvalue weighted by Gasteiger charge is 2.30. The largest absolute Gasteiger partial charge is 0.396 e. The van der Waals surface area contributed by atoms with E-state index in [4.69, 9.17) is 11.6 Å². The molecule has 0 aromatic heterocycles. The molecule has 1 saturated heterocycles. The van der Waals surface area contributed by atoms with Crippen LogP contribution in [0.4, 0.5) is 0 Å². The molecule has 2 unspecified atom stereocenters. The summed E-state index contributed by atoms with van der Waals surface area (Å²) in [5.74, 6) is -0.208. The molecule has 2 N–H and O–H groups in total. The molecule has 1 amide bonds. The van der Waals surface area contributed by atoms with E-state index >= 15 is 0 Å². The molecule has 3 aromatic rings. The minimum absolute atomic E-state index is 0.0162. The van der Waals surface area contributed by atoms with Crippen molar-refractivity contribution in [2.75, 3.05) is 19.7 Å². The van der Waals surface area contributed by atoms with E-state index in [-0.39, 0.29) is 24.5 Å². The topological polar surface area (TPSA) is 52.6 Å². The van der Waals surface area contributed by atoms with E-state index in [1.165, 1.54) is 5.56 Å². The van der Waals surface area contributed by atoms with Crippen LogP contribution in [0.2, 0.25) is 5.02 Å². The molecule has 160 valence electrons. The van der Waals surface area contributed by atoms with Crippen molar-refractivity contribution in [3.05, 3.63) is 95.0 Å². The highest BCUT2D eigenvalue weighted by atomic mass is 35.5. The molecule has 0 saturated carbocycles. The Hall–Kier alpha value is -2.66. The smallest absolute Gasteiger partial charge is 0.253 e. The number of aliphatic hydroxyl groups is 1. The Morgan fingerprint density at radius 2 is 1.71 bits per heavy atom. The number of halogens is 1. The highest BCUT2D eigenvalue weighted by Crippen LogP contribution is 2.26. The maximum Gasteiger partial charge on any atom is 0.253 e. The van der Waals surface area contributed by atoms with Gasteiger partial charge in [0.25, 0.3) is 5.91 Å². The molecule has 1 fully saturated rings. The Labute approximate surface area is 188 Å². The number of carbonyl (C=O) groups excluding carboxylic acids is 1. The van der Waals surface area contributed by atoms with Crippen LogP contribution in [-0.2, 0) is 6.54 Å². The van der Waals surface area contributed by atoms with Crippen molar-refractivity contribution < 1.29 is 9.90 Å². The van der Waals surface area contributed by atoms with Crippen LogP contribution < -0.4 is 5.32 Å². The molecule has 1 aliphatic rings. The first-order chi connectivity index (χ1) is 15.1. The van der Waals surface area contributed by atoms with E-state index in [2.05, 4.69) is 22.3 Å². The van der Waals surface area contributed by atoms with Crippen LogP contribution >= 0.6 is 11.6 Å². The van der Waals surface area contributed by atoms with Crippen LogP contribution in [0.3, 0.4) is 0 Å². The van der Waals surface area contributed by atoms with Crippen molar-refractivity contribution in [1.29, 1.82) is 0 Å². The molecule has 0 bridgehead atoms. The molecule has 31 heavy (non-hydrogen) atoms. The minimum atomic E-state index is -0.192. The van der Waals surface area contributed by atoms with Gasteiger partial charge in [-0.25, -0.2) is 0 Å². The summed E-state index contributed by atoms with van der Waals surface area (Å²) in [6.45, 7) is 2.50. The molecule has 4 nitrogen and oxygen atoms in total. The number of likely N-dealkylation sites (tertiary alicyclic amines) is 1. The maximum atomic E-state index is 13.1. The van der Waals surface area contributed by atoms with Crippen LogP contribution in [0.5, 0.6) is 0 Å². The Kier molecular flexibility index (Phi) is 7.03. The van der Waals surface area contributed by atoms with Gasteiger partial charge in [0, 0.05) is 38.2 Å². The lowest BCUT2D eigenvalue weighted by Crippen LogP contribution is -2.52. The predicted octanol–water partition coefficient (Wildman–Crippen LogP) is 4.62. The fraction of sp³-hybridized carbons (Fsp3) is 0.269. The third-order valence-electron chi connectivity index (χ3n) is 5.94. The second-order valence-electron chi connectivity index (χ2n) is 8.09. The van der Waals surface area contributed by atoms with E-state index in [0.717, 1.165) is 37.2 Å². The SMILES string of the molecule is O=C(NC1CCN(Cc2ccccc2)CC1CO)c1cc(-c2ccccc2)ccc1Cl. The van der Waals surface area contributed by atoms with Gasteiger partial charge in [0.05, 0.1) is 10.6 Å². The second kappa shape index (κ2) is 10.1. The normalized spacial score (nSPS) is 19.2. The number of nitrogens with zero attached hydrogens (tertiary/aromatic N) is 1. The van der Waals surface area contributed by atoms with Crippen molar-refractivity contribution in [2.24, 2.45) is 5.92 Å². The average Bonchev–Trinajstić information content (AvgIpc) is 2.81. The summed E-state index contributed by atoms with van der Waals surface area (Å²) < 4.78 is 0. The van der Waals surface area contributed by atoms with Gasteiger partial charge in [0.15, 0.2) is 0 Å². The highest BCUT2D eigenvalue weighted by molar-refractivity contribution is 6.34. The Morgan fingerprint density at radius 1 is 1.00 bits per heavy atom. The monoisotopic (exact) mass is 434 g/mol. The van der Waals surface area contributed by atoms with Crippen LogP contribution in [0.1, 0.15) is 22.3 Å². The van der Waals surface area contributed by atoms with Crippen molar-refractivity contribution in [2.45, 2.75) is 19.0 Å². The number of aliphatic hydroxyl groups excluding tert-OH is 1. The van der Waals surface area contributed by atoms with Gasteiger partial charge >= 0.3 is 0 Å². The first kappa shape index (κ1) is 21.6.